The monoisotopic (exact) mass is 290 g/mol. The van der Waals surface area contributed by atoms with E-state index in [1.807, 2.05) is 0 Å². The van der Waals surface area contributed by atoms with Crippen LogP contribution < -0.4 is 21.1 Å². The number of methoxy groups -OCH3 is 1. The molecule has 0 saturated carbocycles. The highest BCUT2D eigenvalue weighted by molar-refractivity contribution is 6.05. The summed E-state index contributed by atoms with van der Waals surface area (Å²) >= 11 is 0. The molecule has 0 aliphatic heterocycles. The van der Waals surface area contributed by atoms with Gasteiger partial charge in [0.1, 0.15) is 18.1 Å². The first-order valence-electron chi connectivity index (χ1n) is 5.37. The number of urea groups is 1. The van der Waals surface area contributed by atoms with Crippen LogP contribution in [0, 0.1) is 5.41 Å². The summed E-state index contributed by atoms with van der Waals surface area (Å²) in [6, 6.07) is 3.37. The number of hydrogen-bond donors (Lipinski definition) is 4. The van der Waals surface area contributed by atoms with Crippen molar-refractivity contribution in [1.82, 2.24) is 5.32 Å². The molecular formula is C11H13F3N4O2. The van der Waals surface area contributed by atoms with Crippen molar-refractivity contribution in [3.05, 3.63) is 23.8 Å². The Balaban J connectivity index is 2.90. The van der Waals surface area contributed by atoms with Crippen molar-refractivity contribution >= 4 is 17.6 Å². The third-order valence-corrected chi connectivity index (χ3v) is 2.22. The summed E-state index contributed by atoms with van der Waals surface area (Å²) in [5, 5.41) is 11.2. The number of hydrogen-bond acceptors (Lipinski definition) is 3. The molecule has 0 bridgehead atoms. The molecule has 0 fully saturated rings. The van der Waals surface area contributed by atoms with Crippen LogP contribution in [0.1, 0.15) is 5.56 Å². The number of nitrogens with one attached hydrogen (secondary N) is 3. The molecule has 0 heterocycles. The van der Waals surface area contributed by atoms with E-state index >= 15 is 0 Å². The van der Waals surface area contributed by atoms with Gasteiger partial charge in [-0.1, -0.05) is 6.07 Å². The number of carbonyl (C=O) groups excluding carboxylic acids is 1. The summed E-state index contributed by atoms with van der Waals surface area (Å²) < 4.78 is 40.9. The lowest BCUT2D eigenvalue weighted by Crippen LogP contribution is -2.37. The zero-order chi connectivity index (χ0) is 15.3. The number of rotatable bonds is 4. The lowest BCUT2D eigenvalue weighted by atomic mass is 10.1. The largest absolute Gasteiger partial charge is 0.495 e. The van der Waals surface area contributed by atoms with Crippen LogP contribution in [0.3, 0.4) is 0 Å². The molecule has 2 amide bonds. The summed E-state index contributed by atoms with van der Waals surface area (Å²) in [5.41, 5.74) is 5.51. The van der Waals surface area contributed by atoms with Gasteiger partial charge in [-0.25, -0.2) is 4.79 Å². The third kappa shape index (κ3) is 4.34. The fourth-order valence-electron chi connectivity index (χ4n) is 1.39. The van der Waals surface area contributed by atoms with Gasteiger partial charge < -0.3 is 21.1 Å². The van der Waals surface area contributed by atoms with E-state index in [0.29, 0.717) is 0 Å². The Labute approximate surface area is 112 Å². The Bertz CT molecular complexity index is 517. The molecule has 0 spiro atoms. The lowest BCUT2D eigenvalue weighted by molar-refractivity contribution is -0.122. The van der Waals surface area contributed by atoms with Gasteiger partial charge in [0, 0.05) is 5.56 Å². The van der Waals surface area contributed by atoms with Crippen molar-refractivity contribution in [1.29, 1.82) is 5.41 Å². The number of carbonyl (C=O) groups is 1. The molecule has 0 saturated heterocycles. The van der Waals surface area contributed by atoms with Crippen molar-refractivity contribution in [2.24, 2.45) is 5.73 Å². The molecule has 0 unspecified atom stereocenters. The van der Waals surface area contributed by atoms with Gasteiger partial charge in [-0.3, -0.25) is 5.41 Å². The van der Waals surface area contributed by atoms with Crippen LogP contribution in [0.4, 0.5) is 23.7 Å². The molecule has 20 heavy (non-hydrogen) atoms. The van der Waals surface area contributed by atoms with Gasteiger partial charge in [-0.15, -0.1) is 0 Å². The van der Waals surface area contributed by atoms with Gasteiger partial charge in [-0.05, 0) is 12.1 Å². The van der Waals surface area contributed by atoms with E-state index in [-0.39, 0.29) is 22.8 Å². The Morgan fingerprint density at radius 2 is 2.10 bits per heavy atom. The first kappa shape index (κ1) is 15.6. The number of para-hydroxylation sites is 1. The second kappa shape index (κ2) is 6.13. The van der Waals surface area contributed by atoms with Crippen molar-refractivity contribution in [2.75, 3.05) is 19.0 Å². The number of alkyl halides is 3. The van der Waals surface area contributed by atoms with Gasteiger partial charge in [-0.2, -0.15) is 13.2 Å². The van der Waals surface area contributed by atoms with E-state index in [4.69, 9.17) is 15.9 Å². The number of nitrogen functional groups attached to an aromatic ring is 1. The number of anilines is 1. The summed E-state index contributed by atoms with van der Waals surface area (Å²) in [6.45, 7) is -1.47. The van der Waals surface area contributed by atoms with E-state index < -0.39 is 18.8 Å². The van der Waals surface area contributed by atoms with Gasteiger partial charge in [0.15, 0.2) is 0 Å². The molecule has 1 aromatic rings. The molecule has 6 nitrogen and oxygen atoms in total. The Hall–Kier alpha value is -2.45. The van der Waals surface area contributed by atoms with Crippen LogP contribution in [0.2, 0.25) is 0 Å². The van der Waals surface area contributed by atoms with E-state index in [1.54, 1.807) is 5.32 Å². The van der Waals surface area contributed by atoms with Crippen LogP contribution in [-0.2, 0) is 0 Å². The first-order valence-corrected chi connectivity index (χ1v) is 5.37. The van der Waals surface area contributed by atoms with Crippen molar-refractivity contribution in [3.8, 4) is 5.75 Å². The molecule has 0 radical (unpaired) electrons. The predicted molar refractivity (Wildman–Crippen MR) is 67.1 cm³/mol. The molecular weight excluding hydrogens is 277 g/mol. The maximum Gasteiger partial charge on any atom is 0.405 e. The first-order chi connectivity index (χ1) is 9.24. The quantitative estimate of drug-likeness (QED) is 0.501. The second-order valence-electron chi connectivity index (χ2n) is 3.72. The highest BCUT2D eigenvalue weighted by atomic mass is 19.4. The third-order valence-electron chi connectivity index (χ3n) is 2.22. The maximum atomic E-state index is 12.0. The average molecular weight is 290 g/mol. The molecule has 5 N–H and O–H groups in total. The molecule has 0 aliphatic rings. The number of amidine groups is 1. The van der Waals surface area contributed by atoms with Gasteiger partial charge in [0.25, 0.3) is 0 Å². The van der Waals surface area contributed by atoms with E-state index in [1.165, 1.54) is 25.3 Å². The second-order valence-corrected chi connectivity index (χ2v) is 3.72. The van der Waals surface area contributed by atoms with Crippen molar-refractivity contribution in [3.63, 3.8) is 0 Å². The van der Waals surface area contributed by atoms with E-state index in [0.717, 1.165) is 0 Å². The topological polar surface area (TPSA) is 100 Å². The Morgan fingerprint density at radius 1 is 1.45 bits per heavy atom. The molecule has 1 aromatic carbocycles. The molecule has 110 valence electrons. The summed E-state index contributed by atoms with van der Waals surface area (Å²) in [4.78, 5) is 11.4. The molecule has 1 rings (SSSR count). The van der Waals surface area contributed by atoms with Crippen LogP contribution >= 0.6 is 0 Å². The number of benzene rings is 1. The van der Waals surface area contributed by atoms with Crippen LogP contribution in [-0.4, -0.2) is 31.7 Å². The minimum atomic E-state index is -4.51. The van der Waals surface area contributed by atoms with Gasteiger partial charge >= 0.3 is 12.2 Å². The predicted octanol–water partition coefficient (Wildman–Crippen LogP) is 1.66. The number of nitrogens with two attached hydrogens (primary N) is 1. The van der Waals surface area contributed by atoms with Crippen LogP contribution in [0.5, 0.6) is 5.75 Å². The van der Waals surface area contributed by atoms with E-state index in [2.05, 4.69) is 5.32 Å². The highest BCUT2D eigenvalue weighted by Crippen LogP contribution is 2.28. The van der Waals surface area contributed by atoms with Crippen LogP contribution in [0.25, 0.3) is 0 Å². The number of halogens is 3. The van der Waals surface area contributed by atoms with Gasteiger partial charge in [0.05, 0.1) is 12.8 Å². The average Bonchev–Trinajstić information content (AvgIpc) is 2.35. The molecule has 9 heteroatoms. The van der Waals surface area contributed by atoms with Crippen molar-refractivity contribution in [2.45, 2.75) is 6.18 Å². The highest BCUT2D eigenvalue weighted by Gasteiger charge is 2.28. The fourth-order valence-corrected chi connectivity index (χ4v) is 1.39. The minimum Gasteiger partial charge on any atom is -0.495 e. The summed E-state index contributed by atoms with van der Waals surface area (Å²) in [6.07, 6.45) is -4.51. The molecule has 0 aliphatic carbocycles. The zero-order valence-electron chi connectivity index (χ0n) is 10.5. The van der Waals surface area contributed by atoms with Crippen molar-refractivity contribution < 1.29 is 22.7 Å². The SMILES string of the molecule is COc1cccc(C(=N)N)c1NC(=O)NCC(F)(F)F. The zero-order valence-corrected chi connectivity index (χ0v) is 10.5. The van der Waals surface area contributed by atoms with E-state index in [9.17, 15) is 18.0 Å². The van der Waals surface area contributed by atoms with Crippen LogP contribution in [0.15, 0.2) is 18.2 Å². The minimum absolute atomic E-state index is 0.0298. The number of ether oxygens (including phenoxy) is 1. The molecule has 0 aromatic heterocycles. The number of amides is 2. The fraction of sp³-hybridized carbons (Fsp3) is 0.273. The maximum absolute atomic E-state index is 12.0. The standard InChI is InChI=1S/C11H13F3N4O2/c1-20-7-4-2-3-6(9(15)16)8(7)18-10(19)17-5-11(12,13)14/h2-4H,5H2,1H3,(H3,15,16)(H2,17,18,19). The summed E-state index contributed by atoms with van der Waals surface area (Å²) in [5.74, 6) is -0.171. The smallest absolute Gasteiger partial charge is 0.405 e. The lowest BCUT2D eigenvalue weighted by Gasteiger charge is -2.15. The van der Waals surface area contributed by atoms with Gasteiger partial charge in [0.2, 0.25) is 0 Å². The molecule has 0 atom stereocenters. The summed E-state index contributed by atoms with van der Waals surface area (Å²) in [7, 11) is 1.32. The Kier molecular flexibility index (Phi) is 4.78. The normalized spacial score (nSPS) is 10.8. The Morgan fingerprint density at radius 3 is 2.60 bits per heavy atom.